The lowest BCUT2D eigenvalue weighted by Gasteiger charge is -2.23. The largest absolute Gasteiger partial charge is 0.507 e. The van der Waals surface area contributed by atoms with Crippen LogP contribution in [0.5, 0.6) is 5.75 Å². The van der Waals surface area contributed by atoms with Gasteiger partial charge in [0.05, 0.1) is 18.7 Å². The minimum atomic E-state index is -4.44. The average molecular weight is 326 g/mol. The molecule has 8 heteroatoms. The van der Waals surface area contributed by atoms with Crippen molar-refractivity contribution in [3.05, 3.63) is 28.3 Å². The minimum absolute atomic E-state index is 0.0477. The Balaban J connectivity index is 3.06. The Labute approximate surface area is 124 Å². The summed E-state index contributed by atoms with van der Waals surface area (Å²) in [5, 5.41) is 18.9. The molecule has 1 aromatic rings. The maximum Gasteiger partial charge on any atom is 0.401 e. The number of aromatic hydroxyl groups is 1. The predicted molar refractivity (Wildman–Crippen MR) is 71.5 cm³/mol. The number of halogens is 4. The summed E-state index contributed by atoms with van der Waals surface area (Å²) in [7, 11) is 0. The Morgan fingerprint density at radius 3 is 2.48 bits per heavy atom. The molecule has 0 aromatic heterocycles. The summed E-state index contributed by atoms with van der Waals surface area (Å²) in [6.07, 6.45) is -4.44. The number of carbonyl (C=O) groups is 1. The van der Waals surface area contributed by atoms with E-state index in [1.54, 1.807) is 0 Å². The summed E-state index contributed by atoms with van der Waals surface area (Å²) in [5.74, 6) is -0.835. The molecule has 0 bridgehead atoms. The van der Waals surface area contributed by atoms with Gasteiger partial charge in [-0.2, -0.15) is 13.2 Å². The summed E-state index contributed by atoms with van der Waals surface area (Å²) >= 11 is 5.81. The zero-order valence-electron chi connectivity index (χ0n) is 11.2. The third-order valence-corrected chi connectivity index (χ3v) is 2.96. The summed E-state index contributed by atoms with van der Waals surface area (Å²) in [6, 6.07) is 2.55. The molecule has 0 amide bonds. The van der Waals surface area contributed by atoms with Crippen molar-refractivity contribution in [2.75, 3.05) is 19.7 Å². The molecular formula is C13H15ClF3NO3. The van der Waals surface area contributed by atoms with E-state index >= 15 is 0 Å². The molecule has 0 saturated carbocycles. The molecule has 0 aliphatic rings. The van der Waals surface area contributed by atoms with Gasteiger partial charge in [0.1, 0.15) is 5.75 Å². The quantitative estimate of drug-likeness (QED) is 0.789. The smallest absolute Gasteiger partial charge is 0.401 e. The van der Waals surface area contributed by atoms with Crippen molar-refractivity contribution >= 4 is 17.4 Å². The summed E-state index contributed by atoms with van der Waals surface area (Å²) in [5.41, 5.74) is 0.0545. The van der Waals surface area contributed by atoms with Crippen LogP contribution in [0.25, 0.3) is 0 Å². The van der Waals surface area contributed by atoms with Crippen molar-refractivity contribution in [2.24, 2.45) is 0 Å². The van der Waals surface area contributed by atoms with E-state index in [1.165, 1.54) is 19.1 Å². The van der Waals surface area contributed by atoms with Crippen molar-refractivity contribution in [2.45, 2.75) is 19.6 Å². The molecular weight excluding hydrogens is 311 g/mol. The number of hydrogen-bond donors (Lipinski definition) is 2. The average Bonchev–Trinajstić information content (AvgIpc) is 2.31. The van der Waals surface area contributed by atoms with Crippen LogP contribution in [-0.4, -0.2) is 46.8 Å². The fourth-order valence-corrected chi connectivity index (χ4v) is 2.14. The lowest BCUT2D eigenvalue weighted by molar-refractivity contribution is -0.148. The Morgan fingerprint density at radius 2 is 2.00 bits per heavy atom. The molecule has 0 spiro atoms. The molecule has 0 fully saturated rings. The number of alkyl halides is 3. The van der Waals surface area contributed by atoms with Gasteiger partial charge in [-0.05, 0) is 19.1 Å². The normalized spacial score (nSPS) is 12.0. The first kappa shape index (κ1) is 17.7. The maximum absolute atomic E-state index is 12.5. The monoisotopic (exact) mass is 325 g/mol. The summed E-state index contributed by atoms with van der Waals surface area (Å²) in [4.78, 5) is 12.3. The van der Waals surface area contributed by atoms with Gasteiger partial charge < -0.3 is 10.2 Å². The molecule has 0 radical (unpaired) electrons. The number of phenolic OH excluding ortho intramolecular Hbond substituents is 1. The minimum Gasteiger partial charge on any atom is -0.507 e. The number of carbonyl (C=O) groups excluding carboxylic acids is 1. The van der Waals surface area contributed by atoms with Crippen LogP contribution in [0.4, 0.5) is 13.2 Å². The molecule has 1 rings (SSSR count). The molecule has 0 unspecified atom stereocenters. The van der Waals surface area contributed by atoms with Crippen molar-refractivity contribution in [1.82, 2.24) is 4.90 Å². The summed E-state index contributed by atoms with van der Waals surface area (Å²) < 4.78 is 37.4. The van der Waals surface area contributed by atoms with E-state index in [0.717, 1.165) is 4.90 Å². The molecule has 0 heterocycles. The number of Topliss-reactive ketones (excluding diaryl/α,β-unsaturated/α-hetero) is 1. The lowest BCUT2D eigenvalue weighted by atomic mass is 10.1. The van der Waals surface area contributed by atoms with Crippen molar-refractivity contribution in [3.8, 4) is 5.75 Å². The van der Waals surface area contributed by atoms with E-state index < -0.39 is 30.9 Å². The van der Waals surface area contributed by atoms with Crippen molar-refractivity contribution < 1.29 is 28.2 Å². The SMILES string of the molecule is CC(=O)c1cc(Cl)cc(CN(CCO)CC(F)(F)F)c1O. The first-order chi connectivity index (χ1) is 9.64. The Hall–Kier alpha value is -1.31. The molecule has 4 nitrogen and oxygen atoms in total. The van der Waals surface area contributed by atoms with Gasteiger partial charge in [0, 0.05) is 23.7 Å². The molecule has 0 atom stereocenters. The van der Waals surface area contributed by atoms with Crippen molar-refractivity contribution in [1.29, 1.82) is 0 Å². The highest BCUT2D eigenvalue weighted by Crippen LogP contribution is 2.29. The Bertz CT molecular complexity index is 520. The van der Waals surface area contributed by atoms with E-state index in [4.69, 9.17) is 16.7 Å². The number of hydrogen-bond acceptors (Lipinski definition) is 4. The number of benzene rings is 1. The van der Waals surface area contributed by atoms with Crippen LogP contribution in [0.15, 0.2) is 12.1 Å². The number of aliphatic hydroxyl groups excluding tert-OH is 1. The number of rotatable bonds is 6. The third-order valence-electron chi connectivity index (χ3n) is 2.75. The van der Waals surface area contributed by atoms with Crippen LogP contribution >= 0.6 is 11.6 Å². The van der Waals surface area contributed by atoms with E-state index in [2.05, 4.69) is 0 Å². The number of ketones is 1. The highest BCUT2D eigenvalue weighted by atomic mass is 35.5. The zero-order valence-corrected chi connectivity index (χ0v) is 12.0. The van der Waals surface area contributed by atoms with Gasteiger partial charge in [0.25, 0.3) is 0 Å². The maximum atomic E-state index is 12.5. The van der Waals surface area contributed by atoms with Gasteiger partial charge in [-0.3, -0.25) is 9.69 Å². The number of nitrogens with zero attached hydrogens (tertiary/aromatic N) is 1. The third kappa shape index (κ3) is 5.53. The first-order valence-electron chi connectivity index (χ1n) is 6.06. The van der Waals surface area contributed by atoms with Gasteiger partial charge in [-0.25, -0.2) is 0 Å². The van der Waals surface area contributed by atoms with Crippen molar-refractivity contribution in [3.63, 3.8) is 0 Å². The van der Waals surface area contributed by atoms with Gasteiger partial charge in [0.15, 0.2) is 5.78 Å². The number of aliphatic hydroxyl groups is 1. The first-order valence-corrected chi connectivity index (χ1v) is 6.44. The molecule has 2 N–H and O–H groups in total. The lowest BCUT2D eigenvalue weighted by Crippen LogP contribution is -2.35. The van der Waals surface area contributed by atoms with Gasteiger partial charge >= 0.3 is 6.18 Å². The molecule has 0 saturated heterocycles. The van der Waals surface area contributed by atoms with Gasteiger partial charge in [-0.15, -0.1) is 0 Å². The van der Waals surface area contributed by atoms with Crippen LogP contribution in [0, 0.1) is 0 Å². The van der Waals surface area contributed by atoms with Gasteiger partial charge in [-0.1, -0.05) is 11.6 Å². The standard InChI is InChI=1S/C13H15ClF3NO3/c1-8(20)11-5-10(14)4-9(12(11)21)6-18(2-3-19)7-13(15,16)17/h4-5,19,21H,2-3,6-7H2,1H3. The second-order valence-corrected chi connectivity index (χ2v) is 5.00. The van der Waals surface area contributed by atoms with Crippen LogP contribution < -0.4 is 0 Å². The second-order valence-electron chi connectivity index (χ2n) is 4.57. The second kappa shape index (κ2) is 7.11. The fourth-order valence-electron chi connectivity index (χ4n) is 1.89. The fraction of sp³-hybridized carbons (Fsp3) is 0.462. The zero-order chi connectivity index (χ0) is 16.2. The van der Waals surface area contributed by atoms with Crippen LogP contribution in [-0.2, 0) is 6.54 Å². The van der Waals surface area contributed by atoms with Crippen LogP contribution in [0.3, 0.4) is 0 Å². The van der Waals surface area contributed by atoms with E-state index in [-0.39, 0.29) is 29.2 Å². The Kier molecular flexibility index (Phi) is 6.00. The van der Waals surface area contributed by atoms with E-state index in [0.29, 0.717) is 0 Å². The van der Waals surface area contributed by atoms with E-state index in [1.807, 2.05) is 0 Å². The highest BCUT2D eigenvalue weighted by Gasteiger charge is 2.31. The predicted octanol–water partition coefficient (Wildman–Crippen LogP) is 2.60. The molecule has 118 valence electrons. The topological polar surface area (TPSA) is 60.8 Å². The highest BCUT2D eigenvalue weighted by molar-refractivity contribution is 6.31. The summed E-state index contributed by atoms with van der Waals surface area (Å²) in [6.45, 7) is -0.990. The molecule has 0 aliphatic carbocycles. The van der Waals surface area contributed by atoms with E-state index in [9.17, 15) is 23.1 Å². The van der Waals surface area contributed by atoms with Crippen LogP contribution in [0.2, 0.25) is 5.02 Å². The number of phenols is 1. The molecule has 1 aromatic carbocycles. The Morgan fingerprint density at radius 1 is 1.38 bits per heavy atom. The van der Waals surface area contributed by atoms with Gasteiger partial charge in [0.2, 0.25) is 0 Å². The molecule has 0 aliphatic heterocycles. The van der Waals surface area contributed by atoms with Crippen LogP contribution in [0.1, 0.15) is 22.8 Å². The molecule has 21 heavy (non-hydrogen) atoms.